The molecule has 4 nitrogen and oxygen atoms in total. The average Bonchev–Trinajstić information content (AvgIpc) is 2.43. The average molecular weight is 306 g/mol. The van der Waals surface area contributed by atoms with Gasteiger partial charge in [0.2, 0.25) is 0 Å². The maximum absolute atomic E-state index is 11.0. The van der Waals surface area contributed by atoms with Gasteiger partial charge in [0.05, 0.1) is 12.9 Å². The molecule has 0 aliphatic carbocycles. The van der Waals surface area contributed by atoms with E-state index in [0.29, 0.717) is 12.4 Å². The highest BCUT2D eigenvalue weighted by Crippen LogP contribution is 2.19. The minimum absolute atomic E-state index is 0.0161. The smallest absolute Gasteiger partial charge is 0.264 e. The number of aryl methyl sites for hydroxylation is 1. The van der Waals surface area contributed by atoms with Gasteiger partial charge in [0, 0.05) is 0 Å². The van der Waals surface area contributed by atoms with Gasteiger partial charge >= 0.3 is 0 Å². The van der Waals surface area contributed by atoms with Crippen molar-refractivity contribution >= 4 is 10.1 Å². The van der Waals surface area contributed by atoms with E-state index in [1.165, 1.54) is 0 Å². The molecule has 0 fully saturated rings. The second-order valence-corrected chi connectivity index (χ2v) is 6.54. The summed E-state index contributed by atoms with van der Waals surface area (Å²) in [5, 5.41) is 0. The van der Waals surface area contributed by atoms with Crippen molar-refractivity contribution in [3.63, 3.8) is 0 Å². The Balaban J connectivity index is 2.04. The van der Waals surface area contributed by atoms with E-state index in [0.717, 1.165) is 22.9 Å². The maximum atomic E-state index is 11.0. The van der Waals surface area contributed by atoms with Crippen LogP contribution in [0.1, 0.15) is 16.7 Å². The van der Waals surface area contributed by atoms with E-state index in [1.807, 2.05) is 49.4 Å². The molecule has 112 valence electrons. The van der Waals surface area contributed by atoms with E-state index in [9.17, 15) is 8.42 Å². The number of hydrogen-bond acceptors (Lipinski definition) is 4. The van der Waals surface area contributed by atoms with Crippen LogP contribution in [0, 0.1) is 6.92 Å². The van der Waals surface area contributed by atoms with Crippen molar-refractivity contribution in [3.8, 4) is 5.75 Å². The Kier molecular flexibility index (Phi) is 4.98. The van der Waals surface area contributed by atoms with Gasteiger partial charge in [-0.05, 0) is 35.7 Å². The first-order chi connectivity index (χ1) is 9.92. The molecule has 0 radical (unpaired) electrons. The quantitative estimate of drug-likeness (QED) is 0.770. The Morgan fingerprint density at radius 2 is 1.67 bits per heavy atom. The molecule has 2 aromatic carbocycles. The molecule has 5 heteroatoms. The van der Waals surface area contributed by atoms with Crippen molar-refractivity contribution in [1.29, 1.82) is 0 Å². The summed E-state index contributed by atoms with van der Waals surface area (Å²) in [7, 11) is -3.44. The van der Waals surface area contributed by atoms with Gasteiger partial charge < -0.3 is 4.74 Å². The third kappa shape index (κ3) is 5.57. The normalized spacial score (nSPS) is 11.3. The molecule has 0 unspecified atom stereocenters. The van der Waals surface area contributed by atoms with E-state index in [1.54, 1.807) is 6.07 Å². The van der Waals surface area contributed by atoms with Crippen LogP contribution in [0.15, 0.2) is 48.5 Å². The topological polar surface area (TPSA) is 52.6 Å². The van der Waals surface area contributed by atoms with Crippen LogP contribution >= 0.6 is 0 Å². The van der Waals surface area contributed by atoms with Crippen LogP contribution in [0.4, 0.5) is 0 Å². The molecule has 21 heavy (non-hydrogen) atoms. The predicted octanol–water partition coefficient (Wildman–Crippen LogP) is 3.05. The number of hydrogen-bond donors (Lipinski definition) is 0. The second kappa shape index (κ2) is 6.74. The van der Waals surface area contributed by atoms with Gasteiger partial charge in [0.1, 0.15) is 12.4 Å². The van der Waals surface area contributed by atoms with Crippen molar-refractivity contribution in [3.05, 3.63) is 65.2 Å². The third-order valence-electron chi connectivity index (χ3n) is 2.80. The molecule has 0 spiro atoms. The Morgan fingerprint density at radius 1 is 0.952 bits per heavy atom. The number of rotatable bonds is 6. The lowest BCUT2D eigenvalue weighted by atomic mass is 10.1. The fraction of sp³-hybridized carbons (Fsp3) is 0.250. The van der Waals surface area contributed by atoms with Crippen molar-refractivity contribution in [2.24, 2.45) is 0 Å². The summed E-state index contributed by atoms with van der Waals surface area (Å²) in [5.41, 5.74) is 2.84. The lowest BCUT2D eigenvalue weighted by molar-refractivity contribution is 0.298. The molecule has 0 saturated heterocycles. The summed E-state index contributed by atoms with van der Waals surface area (Å²) in [6.45, 7) is 2.41. The van der Waals surface area contributed by atoms with E-state index >= 15 is 0 Å². The first kappa shape index (κ1) is 15.5. The zero-order valence-corrected chi connectivity index (χ0v) is 12.9. The van der Waals surface area contributed by atoms with Gasteiger partial charge in [-0.1, -0.05) is 36.4 Å². The van der Waals surface area contributed by atoms with E-state index < -0.39 is 10.1 Å². The first-order valence-corrected chi connectivity index (χ1v) is 8.36. The maximum Gasteiger partial charge on any atom is 0.264 e. The van der Waals surface area contributed by atoms with Crippen LogP contribution in [-0.2, 0) is 27.5 Å². The highest BCUT2D eigenvalue weighted by Gasteiger charge is 2.05. The number of benzene rings is 2. The van der Waals surface area contributed by atoms with E-state index in [4.69, 9.17) is 8.92 Å². The fourth-order valence-corrected chi connectivity index (χ4v) is 2.26. The Labute approximate surface area is 125 Å². The van der Waals surface area contributed by atoms with Gasteiger partial charge in [-0.25, -0.2) is 0 Å². The second-order valence-electron chi connectivity index (χ2n) is 4.89. The highest BCUT2D eigenvalue weighted by molar-refractivity contribution is 7.85. The summed E-state index contributed by atoms with van der Waals surface area (Å²) in [5.74, 6) is 0.700. The highest BCUT2D eigenvalue weighted by atomic mass is 32.2. The third-order valence-corrected chi connectivity index (χ3v) is 3.34. The molecule has 2 aromatic rings. The lowest BCUT2D eigenvalue weighted by Gasteiger charge is -2.10. The first-order valence-electron chi connectivity index (χ1n) is 6.54. The monoisotopic (exact) mass is 306 g/mol. The largest absolute Gasteiger partial charge is 0.489 e. The molecule has 0 atom stereocenters. The van der Waals surface area contributed by atoms with Gasteiger partial charge in [-0.2, -0.15) is 8.42 Å². The molecule has 0 heterocycles. The molecule has 0 saturated carbocycles. The van der Waals surface area contributed by atoms with Gasteiger partial charge in [-0.3, -0.25) is 4.18 Å². The fourth-order valence-electron chi connectivity index (χ4n) is 1.91. The summed E-state index contributed by atoms with van der Waals surface area (Å²) >= 11 is 0. The van der Waals surface area contributed by atoms with Crippen LogP contribution in [0.2, 0.25) is 0 Å². The molecular weight excluding hydrogens is 288 g/mol. The van der Waals surface area contributed by atoms with Crippen LogP contribution in [-0.4, -0.2) is 14.7 Å². The molecular formula is C16H18O4S. The molecule has 0 aliphatic heterocycles. The zero-order chi connectivity index (χ0) is 15.3. The van der Waals surface area contributed by atoms with Crippen LogP contribution in [0.3, 0.4) is 0 Å². The lowest BCUT2D eigenvalue weighted by Crippen LogP contribution is -2.03. The Morgan fingerprint density at radius 3 is 2.33 bits per heavy atom. The molecule has 0 bridgehead atoms. The minimum atomic E-state index is -3.44. The molecule has 0 amide bonds. The summed E-state index contributed by atoms with van der Waals surface area (Å²) in [4.78, 5) is 0. The van der Waals surface area contributed by atoms with Crippen LogP contribution in [0.25, 0.3) is 0 Å². The van der Waals surface area contributed by atoms with Crippen LogP contribution < -0.4 is 4.74 Å². The van der Waals surface area contributed by atoms with Crippen molar-refractivity contribution in [2.75, 3.05) is 6.26 Å². The molecule has 0 aliphatic rings. The standard InChI is InChI=1S/C16H18O4S/c1-13-8-15(12-20-21(2,17)18)10-16(9-13)19-11-14-6-4-3-5-7-14/h3-10H,11-12H2,1-2H3. The molecule has 2 rings (SSSR count). The number of ether oxygens (including phenoxy) is 1. The zero-order valence-electron chi connectivity index (χ0n) is 12.1. The van der Waals surface area contributed by atoms with Crippen molar-refractivity contribution in [1.82, 2.24) is 0 Å². The van der Waals surface area contributed by atoms with E-state index in [2.05, 4.69) is 0 Å². The summed E-state index contributed by atoms with van der Waals surface area (Å²) in [6.07, 6.45) is 1.04. The van der Waals surface area contributed by atoms with Gasteiger partial charge in [0.15, 0.2) is 0 Å². The van der Waals surface area contributed by atoms with Crippen molar-refractivity contribution < 1.29 is 17.3 Å². The van der Waals surface area contributed by atoms with Crippen LogP contribution in [0.5, 0.6) is 5.75 Å². The molecule has 0 aromatic heterocycles. The van der Waals surface area contributed by atoms with E-state index in [-0.39, 0.29) is 6.61 Å². The van der Waals surface area contributed by atoms with Crippen molar-refractivity contribution in [2.45, 2.75) is 20.1 Å². The Bertz CT molecular complexity index is 693. The predicted molar refractivity (Wildman–Crippen MR) is 81.6 cm³/mol. The molecule has 0 N–H and O–H groups in total. The SMILES string of the molecule is Cc1cc(COS(C)(=O)=O)cc(OCc2ccccc2)c1. The van der Waals surface area contributed by atoms with Gasteiger partial charge in [0.25, 0.3) is 10.1 Å². The summed E-state index contributed by atoms with van der Waals surface area (Å²) in [6, 6.07) is 15.4. The Hall–Kier alpha value is -1.85. The summed E-state index contributed by atoms with van der Waals surface area (Å²) < 4.78 is 32.6. The minimum Gasteiger partial charge on any atom is -0.489 e. The van der Waals surface area contributed by atoms with Gasteiger partial charge in [-0.15, -0.1) is 0 Å².